The largest absolute Gasteiger partial charge is 0.355 e. The van der Waals surface area contributed by atoms with Crippen molar-refractivity contribution in [2.75, 3.05) is 11.9 Å². The first-order valence-corrected chi connectivity index (χ1v) is 11.4. The molecular weight excluding hydrogens is 412 g/mol. The molecule has 1 aromatic heterocycles. The number of aromatic nitrogens is 2. The molecule has 0 saturated carbocycles. The van der Waals surface area contributed by atoms with Gasteiger partial charge in [0.25, 0.3) is 0 Å². The summed E-state index contributed by atoms with van der Waals surface area (Å²) in [7, 11) is 0. The molecular formula is C27H30N4O2. The van der Waals surface area contributed by atoms with Gasteiger partial charge >= 0.3 is 0 Å². The van der Waals surface area contributed by atoms with E-state index < -0.39 is 0 Å². The average molecular weight is 443 g/mol. The molecule has 1 aliphatic heterocycles. The molecule has 6 heteroatoms. The minimum atomic E-state index is -0.375. The highest BCUT2D eigenvalue weighted by Crippen LogP contribution is 2.28. The van der Waals surface area contributed by atoms with E-state index in [1.807, 2.05) is 22.9 Å². The van der Waals surface area contributed by atoms with Gasteiger partial charge in [0.1, 0.15) is 0 Å². The number of rotatable bonds is 7. The van der Waals surface area contributed by atoms with E-state index in [-0.39, 0.29) is 24.2 Å². The van der Waals surface area contributed by atoms with Crippen molar-refractivity contribution in [1.29, 1.82) is 0 Å². The molecule has 1 saturated heterocycles. The zero-order chi connectivity index (χ0) is 23.4. The van der Waals surface area contributed by atoms with Gasteiger partial charge in [0.15, 0.2) is 5.82 Å². The van der Waals surface area contributed by atoms with Gasteiger partial charge in [0.2, 0.25) is 11.8 Å². The second-order valence-corrected chi connectivity index (χ2v) is 8.79. The maximum absolute atomic E-state index is 12.7. The summed E-state index contributed by atoms with van der Waals surface area (Å²) in [6, 6.07) is 18.5. The normalized spacial score (nSPS) is 15.2. The van der Waals surface area contributed by atoms with Crippen LogP contribution in [0.15, 0.2) is 60.2 Å². The molecule has 0 spiro atoms. The van der Waals surface area contributed by atoms with Crippen LogP contribution in [0, 0.1) is 5.92 Å². The van der Waals surface area contributed by atoms with Crippen LogP contribution in [-0.4, -0.2) is 28.1 Å². The highest BCUT2D eigenvalue weighted by molar-refractivity contribution is 5.97. The van der Waals surface area contributed by atoms with Crippen molar-refractivity contribution < 1.29 is 9.59 Å². The van der Waals surface area contributed by atoms with Crippen LogP contribution < -0.4 is 10.6 Å². The maximum Gasteiger partial charge on any atom is 0.230 e. The van der Waals surface area contributed by atoms with Gasteiger partial charge in [-0.05, 0) is 49.6 Å². The van der Waals surface area contributed by atoms with E-state index in [0.717, 1.165) is 35.3 Å². The molecule has 1 aliphatic rings. The summed E-state index contributed by atoms with van der Waals surface area (Å²) >= 11 is 0. The van der Waals surface area contributed by atoms with Gasteiger partial charge in [0.05, 0.1) is 17.3 Å². The van der Waals surface area contributed by atoms with E-state index in [1.165, 1.54) is 11.1 Å². The summed E-state index contributed by atoms with van der Waals surface area (Å²) in [5.74, 6) is -0.185. The van der Waals surface area contributed by atoms with Crippen molar-refractivity contribution >= 4 is 23.7 Å². The van der Waals surface area contributed by atoms with E-state index in [0.29, 0.717) is 12.4 Å². The number of amides is 2. The van der Waals surface area contributed by atoms with Crippen molar-refractivity contribution in [3.8, 4) is 16.9 Å². The third kappa shape index (κ3) is 5.40. The minimum absolute atomic E-state index is 0.0924. The molecule has 0 radical (unpaired) electrons. The number of aryl methyl sites for hydroxylation is 1. The van der Waals surface area contributed by atoms with Crippen molar-refractivity contribution in [1.82, 2.24) is 15.1 Å². The topological polar surface area (TPSA) is 76.0 Å². The second-order valence-electron chi connectivity index (χ2n) is 8.79. The Kier molecular flexibility index (Phi) is 6.73. The molecule has 0 bridgehead atoms. The van der Waals surface area contributed by atoms with E-state index in [2.05, 4.69) is 73.9 Å². The lowest BCUT2D eigenvalue weighted by Gasteiger charge is -2.10. The Hall–Kier alpha value is -3.67. The first-order chi connectivity index (χ1) is 15.9. The van der Waals surface area contributed by atoms with Crippen LogP contribution in [0.2, 0.25) is 0 Å². The molecule has 4 rings (SSSR count). The number of anilines is 1. The van der Waals surface area contributed by atoms with Crippen molar-refractivity contribution in [2.24, 2.45) is 5.92 Å². The van der Waals surface area contributed by atoms with Crippen LogP contribution in [0.25, 0.3) is 23.0 Å². The lowest BCUT2D eigenvalue weighted by Crippen LogP contribution is -2.24. The minimum Gasteiger partial charge on any atom is -0.355 e. The SMILES string of the molecule is CCCc1cccc(-c2cc(NC(=O)[C@@H]3CNC(=O)C3)nn2-c2cccc(C=C(C)C)c2)c1. The fourth-order valence-corrected chi connectivity index (χ4v) is 4.12. The summed E-state index contributed by atoms with van der Waals surface area (Å²) in [6.07, 6.45) is 4.41. The van der Waals surface area contributed by atoms with Crippen LogP contribution in [0.4, 0.5) is 5.82 Å². The molecule has 33 heavy (non-hydrogen) atoms. The summed E-state index contributed by atoms with van der Waals surface area (Å²) in [6.45, 7) is 6.67. The second kappa shape index (κ2) is 9.86. The monoisotopic (exact) mass is 442 g/mol. The fourth-order valence-electron chi connectivity index (χ4n) is 4.12. The van der Waals surface area contributed by atoms with Gasteiger partial charge in [-0.1, -0.05) is 55.3 Å². The highest BCUT2D eigenvalue weighted by Gasteiger charge is 2.28. The van der Waals surface area contributed by atoms with Crippen LogP contribution in [0.1, 0.15) is 44.7 Å². The predicted octanol–water partition coefficient (Wildman–Crippen LogP) is 4.99. The van der Waals surface area contributed by atoms with Crippen molar-refractivity contribution in [2.45, 2.75) is 40.0 Å². The number of carbonyl (C=O) groups excluding carboxylic acids is 2. The molecule has 170 valence electrons. The molecule has 2 aromatic carbocycles. The molecule has 1 fully saturated rings. The Morgan fingerprint density at radius 2 is 2.00 bits per heavy atom. The first-order valence-electron chi connectivity index (χ1n) is 11.4. The van der Waals surface area contributed by atoms with Gasteiger partial charge in [-0.2, -0.15) is 0 Å². The summed E-state index contributed by atoms with van der Waals surface area (Å²) in [5.41, 5.74) is 6.43. The first kappa shape index (κ1) is 22.5. The Morgan fingerprint density at radius 1 is 1.18 bits per heavy atom. The van der Waals surface area contributed by atoms with E-state index in [1.54, 1.807) is 0 Å². The number of benzene rings is 2. The smallest absolute Gasteiger partial charge is 0.230 e. The molecule has 2 heterocycles. The highest BCUT2D eigenvalue weighted by atomic mass is 16.2. The van der Waals surface area contributed by atoms with Crippen LogP contribution in [0.3, 0.4) is 0 Å². The Balaban J connectivity index is 1.74. The molecule has 6 nitrogen and oxygen atoms in total. The zero-order valence-corrected chi connectivity index (χ0v) is 19.4. The van der Waals surface area contributed by atoms with Crippen molar-refractivity contribution in [3.63, 3.8) is 0 Å². The lowest BCUT2D eigenvalue weighted by molar-refractivity contribution is -0.123. The zero-order valence-electron chi connectivity index (χ0n) is 19.4. The quantitative estimate of drug-likeness (QED) is 0.541. The van der Waals surface area contributed by atoms with Crippen molar-refractivity contribution in [3.05, 3.63) is 71.3 Å². The summed E-state index contributed by atoms with van der Waals surface area (Å²) in [5, 5.41) is 10.4. The standard InChI is InChI=1S/C27H30N4O2/c1-4-7-19-8-5-10-21(13-19)24-16-25(29-27(33)22-15-26(32)28-17-22)30-31(24)23-11-6-9-20(14-23)12-18(2)3/h5-6,8-14,16,22H,4,7,15,17H2,1-3H3,(H,28,32)(H,29,30,33)/t22-/m0/s1. The third-order valence-corrected chi connectivity index (χ3v) is 5.64. The number of hydrogen-bond acceptors (Lipinski definition) is 3. The molecule has 2 amide bonds. The molecule has 0 unspecified atom stereocenters. The number of nitrogens with zero attached hydrogens (tertiary/aromatic N) is 2. The van der Waals surface area contributed by atoms with Gasteiger partial charge in [-0.25, -0.2) is 4.68 Å². The van der Waals surface area contributed by atoms with Gasteiger partial charge in [-0.3, -0.25) is 9.59 Å². The summed E-state index contributed by atoms with van der Waals surface area (Å²) in [4.78, 5) is 24.2. The average Bonchev–Trinajstić information content (AvgIpc) is 3.40. The maximum atomic E-state index is 12.7. The molecule has 1 atom stereocenters. The molecule has 0 aliphatic carbocycles. The van der Waals surface area contributed by atoms with Gasteiger partial charge in [-0.15, -0.1) is 5.10 Å². The van der Waals surface area contributed by atoms with Crippen LogP contribution >= 0.6 is 0 Å². The lowest BCUT2D eigenvalue weighted by atomic mass is 10.0. The van der Waals surface area contributed by atoms with Crippen LogP contribution in [-0.2, 0) is 16.0 Å². The predicted molar refractivity (Wildman–Crippen MR) is 132 cm³/mol. The number of allylic oxidation sites excluding steroid dienone is 1. The van der Waals surface area contributed by atoms with Crippen LogP contribution in [0.5, 0.6) is 0 Å². The number of hydrogen-bond donors (Lipinski definition) is 2. The third-order valence-electron chi connectivity index (χ3n) is 5.64. The van der Waals surface area contributed by atoms with E-state index in [4.69, 9.17) is 5.10 Å². The van der Waals surface area contributed by atoms with Gasteiger partial charge < -0.3 is 10.6 Å². The Bertz CT molecular complexity index is 1200. The fraction of sp³-hybridized carbons (Fsp3) is 0.296. The molecule has 3 aromatic rings. The van der Waals surface area contributed by atoms with Gasteiger partial charge in [0, 0.05) is 24.6 Å². The van der Waals surface area contributed by atoms with E-state index in [9.17, 15) is 9.59 Å². The molecule has 2 N–H and O–H groups in total. The Labute approximate surface area is 194 Å². The van der Waals surface area contributed by atoms with E-state index >= 15 is 0 Å². The Morgan fingerprint density at radius 3 is 2.73 bits per heavy atom. The number of carbonyl (C=O) groups is 2. The number of nitrogens with one attached hydrogen (secondary N) is 2. The summed E-state index contributed by atoms with van der Waals surface area (Å²) < 4.78 is 1.88.